The molecule has 3 rings (SSSR count). The number of hydrogen-bond acceptors (Lipinski definition) is 5. The molecule has 0 bridgehead atoms. The van der Waals surface area contributed by atoms with Gasteiger partial charge in [-0.05, 0) is 25.5 Å². The average Bonchev–Trinajstić information content (AvgIpc) is 2.63. The number of amides is 2. The van der Waals surface area contributed by atoms with Gasteiger partial charge in [0.1, 0.15) is 5.82 Å². The van der Waals surface area contributed by atoms with E-state index in [9.17, 15) is 14.4 Å². The lowest BCUT2D eigenvalue weighted by Gasteiger charge is -2.23. The highest BCUT2D eigenvalue weighted by Gasteiger charge is 2.34. The van der Waals surface area contributed by atoms with Crippen LogP contribution in [0.5, 0.6) is 0 Å². The number of nitrogens with zero attached hydrogens (tertiary/aromatic N) is 1. The summed E-state index contributed by atoms with van der Waals surface area (Å²) in [4.78, 5) is 44.5. The monoisotopic (exact) mass is 386 g/mol. The van der Waals surface area contributed by atoms with Crippen molar-refractivity contribution in [1.82, 2.24) is 9.97 Å². The first-order valence-corrected chi connectivity index (χ1v) is 9.91. The Morgan fingerprint density at radius 1 is 1.30 bits per heavy atom. The van der Waals surface area contributed by atoms with Gasteiger partial charge in [-0.25, -0.2) is 4.98 Å². The second-order valence-electron chi connectivity index (χ2n) is 6.50. The third kappa shape index (κ3) is 4.57. The van der Waals surface area contributed by atoms with Crippen LogP contribution >= 0.6 is 11.8 Å². The van der Waals surface area contributed by atoms with Crippen LogP contribution in [0.1, 0.15) is 43.2 Å². The van der Waals surface area contributed by atoms with E-state index in [1.165, 1.54) is 11.8 Å². The average molecular weight is 386 g/mol. The van der Waals surface area contributed by atoms with E-state index in [-0.39, 0.29) is 29.3 Å². The Labute approximate surface area is 161 Å². The zero-order chi connectivity index (χ0) is 19.4. The highest BCUT2D eigenvalue weighted by molar-refractivity contribution is 7.99. The van der Waals surface area contributed by atoms with Crippen molar-refractivity contribution in [2.75, 3.05) is 16.4 Å². The van der Waals surface area contributed by atoms with Gasteiger partial charge in [-0.2, -0.15) is 0 Å². The summed E-state index contributed by atoms with van der Waals surface area (Å²) in [5, 5.41) is 5.85. The molecule has 0 fully saturated rings. The van der Waals surface area contributed by atoms with Crippen molar-refractivity contribution >= 4 is 35.1 Å². The van der Waals surface area contributed by atoms with Gasteiger partial charge in [-0.15, -0.1) is 0 Å². The normalized spacial score (nSPS) is 15.8. The molecule has 7 nitrogen and oxygen atoms in total. The molecule has 0 spiro atoms. The van der Waals surface area contributed by atoms with E-state index in [0.29, 0.717) is 10.8 Å². The molecule has 2 amide bonds. The van der Waals surface area contributed by atoms with Crippen molar-refractivity contribution in [2.24, 2.45) is 0 Å². The van der Waals surface area contributed by atoms with Crippen LogP contribution < -0.4 is 16.2 Å². The molecule has 3 N–H and O–H groups in total. The molecule has 8 heteroatoms. The van der Waals surface area contributed by atoms with Crippen LogP contribution in [0.25, 0.3) is 0 Å². The van der Waals surface area contributed by atoms with Crippen LogP contribution in [0.15, 0.2) is 34.2 Å². The van der Waals surface area contributed by atoms with Gasteiger partial charge in [0.25, 0.3) is 5.56 Å². The van der Waals surface area contributed by atoms with E-state index in [4.69, 9.17) is 0 Å². The zero-order valence-corrected chi connectivity index (χ0v) is 16.1. The fourth-order valence-corrected chi connectivity index (χ4v) is 3.77. The maximum atomic E-state index is 12.7. The van der Waals surface area contributed by atoms with Gasteiger partial charge >= 0.3 is 0 Å². The maximum Gasteiger partial charge on any atom is 0.257 e. The van der Waals surface area contributed by atoms with Crippen molar-refractivity contribution in [3.05, 3.63) is 45.7 Å². The molecule has 27 heavy (non-hydrogen) atoms. The fourth-order valence-electron chi connectivity index (χ4n) is 2.82. The highest BCUT2D eigenvalue weighted by atomic mass is 32.2. The zero-order valence-electron chi connectivity index (χ0n) is 15.3. The van der Waals surface area contributed by atoms with Crippen LogP contribution in [0.3, 0.4) is 0 Å². The molecule has 0 unspecified atom stereocenters. The Hall–Kier alpha value is -2.61. The summed E-state index contributed by atoms with van der Waals surface area (Å²) in [6.07, 6.45) is 1.96. The molecule has 142 valence electrons. The predicted octanol–water partition coefficient (Wildman–Crippen LogP) is 3.04. The molecule has 1 aromatic heterocycles. The Morgan fingerprint density at radius 2 is 2.04 bits per heavy atom. The number of carbonyl (C=O) groups excluding carboxylic acids is 2. The fraction of sp³-hybridized carbons (Fsp3) is 0.368. The molecule has 0 radical (unpaired) electrons. The molecular formula is C19H22N4O3S. The number of anilines is 2. The van der Waals surface area contributed by atoms with E-state index >= 15 is 0 Å². The summed E-state index contributed by atoms with van der Waals surface area (Å²) in [5.41, 5.74) is 1.51. The third-order valence-corrected chi connectivity index (χ3v) is 5.26. The van der Waals surface area contributed by atoms with Crippen molar-refractivity contribution in [1.29, 1.82) is 0 Å². The Morgan fingerprint density at radius 3 is 2.74 bits per heavy atom. The number of hydrogen-bond donors (Lipinski definition) is 3. The lowest BCUT2D eigenvalue weighted by Crippen LogP contribution is -2.36. The van der Waals surface area contributed by atoms with Crippen LogP contribution in [0.2, 0.25) is 0 Å². The predicted molar refractivity (Wildman–Crippen MR) is 106 cm³/mol. The molecule has 1 aliphatic rings. The number of rotatable bonds is 6. The minimum absolute atomic E-state index is 0.0855. The van der Waals surface area contributed by atoms with Crippen molar-refractivity contribution in [3.8, 4) is 0 Å². The Balaban J connectivity index is 1.86. The van der Waals surface area contributed by atoms with Gasteiger partial charge in [0.2, 0.25) is 11.8 Å². The molecule has 0 saturated heterocycles. The summed E-state index contributed by atoms with van der Waals surface area (Å²) < 4.78 is 0. The molecule has 0 aliphatic carbocycles. The minimum atomic E-state index is -0.874. The first-order chi connectivity index (χ1) is 13.0. The molecule has 2 aromatic rings. The van der Waals surface area contributed by atoms with Crippen LogP contribution in [0.4, 0.5) is 11.5 Å². The number of thioether (sulfide) groups is 1. The first-order valence-electron chi connectivity index (χ1n) is 8.92. The number of unbranched alkanes of at least 4 members (excludes halogenated alkanes) is 1. The van der Waals surface area contributed by atoms with Gasteiger partial charge < -0.3 is 15.6 Å². The Kier molecular flexibility index (Phi) is 5.95. The number of carbonyl (C=O) groups is 2. The summed E-state index contributed by atoms with van der Waals surface area (Å²) >= 11 is 1.43. The molecule has 1 aliphatic heterocycles. The second-order valence-corrected chi connectivity index (χ2v) is 7.58. The molecule has 0 saturated carbocycles. The van der Waals surface area contributed by atoms with E-state index in [2.05, 4.69) is 27.5 Å². The first kappa shape index (κ1) is 19.2. The summed E-state index contributed by atoms with van der Waals surface area (Å²) in [6, 6.07) is 7.33. The molecule has 2 heterocycles. The quantitative estimate of drug-likeness (QED) is 0.402. The topological polar surface area (TPSA) is 104 Å². The van der Waals surface area contributed by atoms with Crippen molar-refractivity contribution in [3.63, 3.8) is 0 Å². The van der Waals surface area contributed by atoms with Crippen LogP contribution in [-0.2, 0) is 9.59 Å². The number of aromatic nitrogens is 2. The van der Waals surface area contributed by atoms with Gasteiger partial charge in [-0.1, -0.05) is 42.8 Å². The third-order valence-electron chi connectivity index (χ3n) is 4.30. The number of benzene rings is 1. The number of H-pyrrole nitrogens is 1. The standard InChI is InChI=1S/C19H22N4O3S/c1-3-4-9-27-19-22-16-15(18(26)23-19)13(10-14(24)21-16)17(25)20-12-7-5-11(2)6-8-12/h5-8,13H,3-4,9-10H2,1-2H3,(H,20,25)(H2,21,22,23,24,26)/t13-/m1/s1. The summed E-state index contributed by atoms with van der Waals surface area (Å²) in [5.74, 6) is -0.592. The van der Waals surface area contributed by atoms with E-state index < -0.39 is 11.8 Å². The van der Waals surface area contributed by atoms with Gasteiger partial charge in [0.05, 0.1) is 11.5 Å². The van der Waals surface area contributed by atoms with Gasteiger partial charge in [-0.3, -0.25) is 14.4 Å². The largest absolute Gasteiger partial charge is 0.326 e. The van der Waals surface area contributed by atoms with Crippen LogP contribution in [-0.4, -0.2) is 27.5 Å². The maximum absolute atomic E-state index is 12.7. The second kappa shape index (κ2) is 8.39. The van der Waals surface area contributed by atoms with Crippen molar-refractivity contribution < 1.29 is 9.59 Å². The minimum Gasteiger partial charge on any atom is -0.326 e. The van der Waals surface area contributed by atoms with E-state index in [1.54, 1.807) is 12.1 Å². The van der Waals surface area contributed by atoms with E-state index in [0.717, 1.165) is 24.2 Å². The summed E-state index contributed by atoms with van der Waals surface area (Å²) in [6.45, 7) is 4.04. The summed E-state index contributed by atoms with van der Waals surface area (Å²) in [7, 11) is 0. The van der Waals surface area contributed by atoms with Gasteiger partial charge in [0.15, 0.2) is 5.16 Å². The van der Waals surface area contributed by atoms with Crippen LogP contribution in [0, 0.1) is 6.92 Å². The lowest BCUT2D eigenvalue weighted by molar-refractivity contribution is -0.123. The number of nitrogens with one attached hydrogen (secondary N) is 3. The molecule has 1 aromatic carbocycles. The number of aryl methyl sites for hydroxylation is 1. The highest BCUT2D eigenvalue weighted by Crippen LogP contribution is 2.30. The number of fused-ring (bicyclic) bond motifs is 1. The SMILES string of the molecule is CCCCSc1nc2c(c(=O)[nH]1)[C@H](C(=O)Nc1ccc(C)cc1)CC(=O)N2. The van der Waals surface area contributed by atoms with E-state index in [1.807, 2.05) is 19.1 Å². The van der Waals surface area contributed by atoms with Gasteiger partial charge in [0, 0.05) is 17.9 Å². The molecular weight excluding hydrogens is 364 g/mol. The smallest absolute Gasteiger partial charge is 0.257 e. The molecule has 1 atom stereocenters. The number of aromatic amines is 1. The lowest BCUT2D eigenvalue weighted by atomic mass is 9.92. The van der Waals surface area contributed by atoms with Crippen molar-refractivity contribution in [2.45, 2.75) is 44.2 Å². The Bertz CT molecular complexity index is 908.